The van der Waals surface area contributed by atoms with Gasteiger partial charge < -0.3 is 9.73 Å². The molecule has 2 aromatic heterocycles. The molecule has 0 aliphatic heterocycles. The summed E-state index contributed by atoms with van der Waals surface area (Å²) in [6, 6.07) is 8.14. The van der Waals surface area contributed by atoms with Crippen LogP contribution in [0.1, 0.15) is 10.6 Å². The maximum Gasteiger partial charge on any atom is 0.105 e. The van der Waals surface area contributed by atoms with Crippen molar-refractivity contribution in [2.75, 3.05) is 6.54 Å². The van der Waals surface area contributed by atoms with Crippen molar-refractivity contribution in [3.05, 3.63) is 45.0 Å². The molecular weight excluding hydrogens is 274 g/mol. The smallest absolute Gasteiger partial charge is 0.105 e. The molecule has 2 rings (SSSR count). The molecule has 0 aromatic carbocycles. The van der Waals surface area contributed by atoms with Crippen LogP contribution in [0, 0.1) is 0 Å². The molecule has 0 atom stereocenters. The summed E-state index contributed by atoms with van der Waals surface area (Å²) in [5, 5.41) is 3.38. The summed E-state index contributed by atoms with van der Waals surface area (Å²) in [5.41, 5.74) is 0. The number of thiophene rings is 1. The van der Waals surface area contributed by atoms with Crippen LogP contribution in [0.25, 0.3) is 0 Å². The van der Waals surface area contributed by atoms with Gasteiger partial charge in [0.1, 0.15) is 5.76 Å². The van der Waals surface area contributed by atoms with Crippen LogP contribution in [0.3, 0.4) is 0 Å². The molecule has 0 fully saturated rings. The third-order valence-corrected chi connectivity index (χ3v) is 3.68. The highest BCUT2D eigenvalue weighted by atomic mass is 79.9. The Kier molecular flexibility index (Phi) is 4.00. The van der Waals surface area contributed by atoms with Crippen LogP contribution in [-0.4, -0.2) is 6.54 Å². The summed E-state index contributed by atoms with van der Waals surface area (Å²) in [5.74, 6) is 1.04. The Bertz CT molecular complexity index is 396. The molecule has 2 nitrogen and oxygen atoms in total. The number of hydrogen-bond acceptors (Lipinski definition) is 3. The summed E-state index contributed by atoms with van der Waals surface area (Å²) in [7, 11) is 0. The third kappa shape index (κ3) is 3.48. The van der Waals surface area contributed by atoms with E-state index in [0.29, 0.717) is 0 Å². The van der Waals surface area contributed by atoms with Crippen molar-refractivity contribution in [1.82, 2.24) is 5.32 Å². The molecule has 15 heavy (non-hydrogen) atoms. The molecule has 0 spiro atoms. The lowest BCUT2D eigenvalue weighted by Crippen LogP contribution is -2.15. The predicted octanol–water partition coefficient (Wildman–Crippen LogP) is 3.44. The van der Waals surface area contributed by atoms with E-state index in [1.165, 1.54) is 8.66 Å². The fourth-order valence-corrected chi connectivity index (χ4v) is 2.78. The summed E-state index contributed by atoms with van der Waals surface area (Å²) in [6.07, 6.45) is 2.66. The summed E-state index contributed by atoms with van der Waals surface area (Å²) in [4.78, 5) is 1.35. The minimum Gasteiger partial charge on any atom is -0.469 e. The Balaban J connectivity index is 1.67. The van der Waals surface area contributed by atoms with Crippen LogP contribution in [-0.2, 0) is 13.0 Å². The molecule has 0 bridgehead atoms. The first-order valence-electron chi connectivity index (χ1n) is 4.82. The Morgan fingerprint density at radius 2 is 2.27 bits per heavy atom. The Hall–Kier alpha value is -0.580. The first-order valence-corrected chi connectivity index (χ1v) is 6.43. The zero-order valence-electron chi connectivity index (χ0n) is 8.20. The van der Waals surface area contributed by atoms with Crippen molar-refractivity contribution in [2.45, 2.75) is 13.0 Å². The molecule has 0 aliphatic carbocycles. The van der Waals surface area contributed by atoms with E-state index in [4.69, 9.17) is 4.42 Å². The monoisotopic (exact) mass is 285 g/mol. The minimum absolute atomic E-state index is 0.928. The van der Waals surface area contributed by atoms with Crippen LogP contribution in [0.15, 0.2) is 38.7 Å². The molecular formula is C11H12BrNOS. The predicted molar refractivity (Wildman–Crippen MR) is 66.1 cm³/mol. The topological polar surface area (TPSA) is 25.2 Å². The fourth-order valence-electron chi connectivity index (χ4n) is 1.32. The molecule has 0 radical (unpaired) electrons. The zero-order valence-corrected chi connectivity index (χ0v) is 10.6. The van der Waals surface area contributed by atoms with Gasteiger partial charge in [0.25, 0.3) is 0 Å². The molecule has 2 aromatic rings. The zero-order chi connectivity index (χ0) is 10.5. The van der Waals surface area contributed by atoms with Crippen LogP contribution in [0.2, 0.25) is 0 Å². The van der Waals surface area contributed by atoms with Gasteiger partial charge in [-0.2, -0.15) is 0 Å². The fraction of sp³-hybridized carbons (Fsp3) is 0.273. The van der Waals surface area contributed by atoms with Gasteiger partial charge >= 0.3 is 0 Å². The Morgan fingerprint density at radius 1 is 1.33 bits per heavy atom. The summed E-state index contributed by atoms with van der Waals surface area (Å²) < 4.78 is 6.43. The van der Waals surface area contributed by atoms with Gasteiger partial charge in [-0.1, -0.05) is 0 Å². The molecule has 0 saturated heterocycles. The van der Waals surface area contributed by atoms with Crippen LogP contribution in [0.5, 0.6) is 0 Å². The standard InChI is InChI=1S/C11H12BrNOS/c12-11-4-3-10(15-11)8-13-6-5-9-2-1-7-14-9/h1-4,7,13H,5-6,8H2. The lowest BCUT2D eigenvalue weighted by atomic mass is 10.3. The SMILES string of the molecule is Brc1ccc(CNCCc2ccco2)s1. The van der Waals surface area contributed by atoms with Gasteiger partial charge in [0, 0.05) is 24.4 Å². The summed E-state index contributed by atoms with van der Waals surface area (Å²) >= 11 is 5.21. The van der Waals surface area contributed by atoms with Crippen molar-refractivity contribution < 1.29 is 4.42 Å². The molecule has 0 aliphatic rings. The van der Waals surface area contributed by atoms with E-state index in [2.05, 4.69) is 33.4 Å². The second-order valence-corrected chi connectivity index (χ2v) is 5.76. The van der Waals surface area contributed by atoms with Crippen molar-refractivity contribution in [2.24, 2.45) is 0 Å². The lowest BCUT2D eigenvalue weighted by Gasteiger charge is -2.00. The van der Waals surface area contributed by atoms with Crippen molar-refractivity contribution in [3.8, 4) is 0 Å². The van der Waals surface area contributed by atoms with E-state index >= 15 is 0 Å². The summed E-state index contributed by atoms with van der Waals surface area (Å²) in [6.45, 7) is 1.88. The van der Waals surface area contributed by atoms with E-state index in [1.807, 2.05) is 12.1 Å². The molecule has 1 N–H and O–H groups in total. The molecule has 4 heteroatoms. The van der Waals surface area contributed by atoms with Gasteiger partial charge in [-0.15, -0.1) is 11.3 Å². The molecule has 80 valence electrons. The van der Waals surface area contributed by atoms with Crippen LogP contribution >= 0.6 is 27.3 Å². The highest BCUT2D eigenvalue weighted by Gasteiger charge is 1.98. The number of hydrogen-bond donors (Lipinski definition) is 1. The first kappa shape index (κ1) is 10.9. The van der Waals surface area contributed by atoms with Gasteiger partial charge in [-0.05, 0) is 40.2 Å². The van der Waals surface area contributed by atoms with Gasteiger partial charge in [-0.3, -0.25) is 0 Å². The number of nitrogens with one attached hydrogen (secondary N) is 1. The first-order chi connectivity index (χ1) is 7.34. The lowest BCUT2D eigenvalue weighted by molar-refractivity contribution is 0.499. The van der Waals surface area contributed by atoms with E-state index < -0.39 is 0 Å². The van der Waals surface area contributed by atoms with Gasteiger partial charge in [0.15, 0.2) is 0 Å². The van der Waals surface area contributed by atoms with E-state index in [-0.39, 0.29) is 0 Å². The quantitative estimate of drug-likeness (QED) is 0.852. The van der Waals surface area contributed by atoms with Crippen molar-refractivity contribution in [3.63, 3.8) is 0 Å². The molecule has 2 heterocycles. The normalized spacial score (nSPS) is 10.7. The van der Waals surface area contributed by atoms with E-state index in [0.717, 1.165) is 25.3 Å². The van der Waals surface area contributed by atoms with E-state index in [1.54, 1.807) is 17.6 Å². The van der Waals surface area contributed by atoms with Gasteiger partial charge in [0.05, 0.1) is 10.0 Å². The van der Waals surface area contributed by atoms with E-state index in [9.17, 15) is 0 Å². The highest BCUT2D eigenvalue weighted by Crippen LogP contribution is 2.21. The molecule has 0 saturated carbocycles. The average molecular weight is 286 g/mol. The minimum atomic E-state index is 0.928. The Labute approximate surface area is 101 Å². The number of furan rings is 1. The maximum absolute atomic E-state index is 5.24. The average Bonchev–Trinajstić information content (AvgIpc) is 2.84. The largest absolute Gasteiger partial charge is 0.469 e. The highest BCUT2D eigenvalue weighted by molar-refractivity contribution is 9.11. The number of rotatable bonds is 5. The molecule has 0 unspecified atom stereocenters. The maximum atomic E-state index is 5.24. The second-order valence-electron chi connectivity index (χ2n) is 3.21. The van der Waals surface area contributed by atoms with Crippen LogP contribution < -0.4 is 5.32 Å². The molecule has 0 amide bonds. The third-order valence-electron chi connectivity index (χ3n) is 2.06. The Morgan fingerprint density at radius 3 is 2.93 bits per heavy atom. The second kappa shape index (κ2) is 5.49. The van der Waals surface area contributed by atoms with Crippen LogP contribution in [0.4, 0.5) is 0 Å². The van der Waals surface area contributed by atoms with Gasteiger partial charge in [0.2, 0.25) is 0 Å². The van der Waals surface area contributed by atoms with Crippen molar-refractivity contribution >= 4 is 27.3 Å². The van der Waals surface area contributed by atoms with Crippen molar-refractivity contribution in [1.29, 1.82) is 0 Å². The number of halogens is 1. The van der Waals surface area contributed by atoms with Gasteiger partial charge in [-0.25, -0.2) is 0 Å².